The average molecular weight is 377 g/mol. The summed E-state index contributed by atoms with van der Waals surface area (Å²) in [4.78, 5) is 12.5. The summed E-state index contributed by atoms with van der Waals surface area (Å²) >= 11 is 2.25. The molecule has 0 unspecified atom stereocenters. The van der Waals surface area contributed by atoms with Gasteiger partial charge in [0.05, 0.1) is 0 Å². The van der Waals surface area contributed by atoms with E-state index in [-0.39, 0.29) is 5.91 Å². The van der Waals surface area contributed by atoms with E-state index in [9.17, 15) is 4.79 Å². The minimum atomic E-state index is 0.00532. The number of carbonyl (C=O) groups is 1. The molecule has 3 heteroatoms. The second-order valence-electron chi connectivity index (χ2n) is 5.11. The summed E-state index contributed by atoms with van der Waals surface area (Å²) < 4.78 is 1.12. The van der Waals surface area contributed by atoms with Crippen molar-refractivity contribution in [2.24, 2.45) is 0 Å². The highest BCUT2D eigenvalue weighted by molar-refractivity contribution is 14.1. The van der Waals surface area contributed by atoms with Gasteiger partial charge in [-0.05, 0) is 83.7 Å². The van der Waals surface area contributed by atoms with Gasteiger partial charge in [0.2, 0.25) is 0 Å². The molecule has 1 aliphatic rings. The van der Waals surface area contributed by atoms with E-state index in [4.69, 9.17) is 0 Å². The highest BCUT2D eigenvalue weighted by Crippen LogP contribution is 2.25. The zero-order valence-corrected chi connectivity index (χ0v) is 13.3. The topological polar surface area (TPSA) is 29.1 Å². The number of amides is 1. The van der Waals surface area contributed by atoms with Crippen LogP contribution in [0.3, 0.4) is 0 Å². The van der Waals surface area contributed by atoms with E-state index >= 15 is 0 Å². The molecular formula is C17H16INO. The Morgan fingerprint density at radius 3 is 2.70 bits per heavy atom. The van der Waals surface area contributed by atoms with Crippen molar-refractivity contribution < 1.29 is 4.79 Å². The molecule has 0 radical (unpaired) electrons. The van der Waals surface area contributed by atoms with Crippen molar-refractivity contribution >= 4 is 34.2 Å². The Kier molecular flexibility index (Phi) is 4.05. The highest BCUT2D eigenvalue weighted by atomic mass is 127. The van der Waals surface area contributed by atoms with Gasteiger partial charge in [-0.1, -0.05) is 18.2 Å². The number of nitrogens with one attached hydrogen (secondary N) is 1. The summed E-state index contributed by atoms with van der Waals surface area (Å²) in [7, 11) is 0. The van der Waals surface area contributed by atoms with Crippen LogP contribution >= 0.6 is 22.6 Å². The quantitative estimate of drug-likeness (QED) is 0.772. The van der Waals surface area contributed by atoms with Crippen LogP contribution in [0.1, 0.15) is 34.3 Å². The summed E-state index contributed by atoms with van der Waals surface area (Å²) in [5.41, 5.74) is 4.27. The van der Waals surface area contributed by atoms with Gasteiger partial charge in [0, 0.05) is 14.8 Å². The molecule has 0 spiro atoms. The van der Waals surface area contributed by atoms with Crippen molar-refractivity contribution in [2.75, 3.05) is 5.32 Å². The van der Waals surface area contributed by atoms with Crippen LogP contribution in [0.4, 0.5) is 5.69 Å². The third-order valence-electron chi connectivity index (χ3n) is 3.72. The summed E-state index contributed by atoms with van der Waals surface area (Å²) in [5.74, 6) is 0.00532. The smallest absolute Gasteiger partial charge is 0.255 e. The van der Waals surface area contributed by atoms with Crippen LogP contribution in [-0.4, -0.2) is 5.91 Å². The molecule has 1 aliphatic carbocycles. The fourth-order valence-electron chi connectivity index (χ4n) is 2.76. The summed E-state index contributed by atoms with van der Waals surface area (Å²) in [5, 5.41) is 3.01. The lowest BCUT2D eigenvalue weighted by molar-refractivity contribution is 0.102. The first-order valence-corrected chi connectivity index (χ1v) is 7.99. The van der Waals surface area contributed by atoms with E-state index < -0.39 is 0 Å². The summed E-state index contributed by atoms with van der Waals surface area (Å²) in [6, 6.07) is 14.0. The predicted molar refractivity (Wildman–Crippen MR) is 90.2 cm³/mol. The number of fused-ring (bicyclic) bond motifs is 1. The molecule has 20 heavy (non-hydrogen) atoms. The zero-order valence-electron chi connectivity index (χ0n) is 11.2. The highest BCUT2D eigenvalue weighted by Gasteiger charge is 2.17. The standard InChI is InChI=1S/C17H16INO/c18-13-7-4-8-14(11-13)19-17(20)16-10-3-6-12-5-1-2-9-15(12)16/h3-4,6-8,10-11H,1-2,5,9H2,(H,19,20). The van der Waals surface area contributed by atoms with Crippen molar-refractivity contribution in [3.05, 3.63) is 62.7 Å². The minimum absolute atomic E-state index is 0.00532. The third-order valence-corrected chi connectivity index (χ3v) is 4.39. The largest absolute Gasteiger partial charge is 0.322 e. The molecule has 0 aromatic heterocycles. The number of aryl methyl sites for hydroxylation is 1. The first-order valence-electron chi connectivity index (χ1n) is 6.92. The molecule has 0 fully saturated rings. The van der Waals surface area contributed by atoms with E-state index in [1.807, 2.05) is 36.4 Å². The van der Waals surface area contributed by atoms with Crippen LogP contribution in [0.5, 0.6) is 0 Å². The fourth-order valence-corrected chi connectivity index (χ4v) is 3.30. The lowest BCUT2D eigenvalue weighted by Crippen LogP contribution is -2.17. The lowest BCUT2D eigenvalue weighted by Gasteiger charge is -2.19. The molecule has 0 bridgehead atoms. The Morgan fingerprint density at radius 2 is 1.85 bits per heavy atom. The fraction of sp³-hybridized carbons (Fsp3) is 0.235. The van der Waals surface area contributed by atoms with Crippen LogP contribution in [0.25, 0.3) is 0 Å². The van der Waals surface area contributed by atoms with E-state index in [0.29, 0.717) is 0 Å². The van der Waals surface area contributed by atoms with Gasteiger partial charge in [-0.2, -0.15) is 0 Å². The van der Waals surface area contributed by atoms with Crippen molar-refractivity contribution in [3.8, 4) is 0 Å². The zero-order chi connectivity index (χ0) is 13.9. The molecule has 0 atom stereocenters. The Bertz CT molecular complexity index is 651. The molecule has 2 aromatic rings. The molecule has 2 aromatic carbocycles. The van der Waals surface area contributed by atoms with Gasteiger partial charge in [-0.3, -0.25) is 4.79 Å². The van der Waals surface area contributed by atoms with Gasteiger partial charge in [-0.25, -0.2) is 0 Å². The van der Waals surface area contributed by atoms with E-state index in [0.717, 1.165) is 27.7 Å². The normalized spacial score (nSPS) is 13.7. The van der Waals surface area contributed by atoms with Crippen LogP contribution < -0.4 is 5.32 Å². The molecule has 0 heterocycles. The van der Waals surface area contributed by atoms with Crippen LogP contribution in [0, 0.1) is 3.57 Å². The molecule has 0 saturated carbocycles. The van der Waals surface area contributed by atoms with E-state index in [2.05, 4.69) is 34.0 Å². The monoisotopic (exact) mass is 377 g/mol. The Balaban J connectivity index is 1.88. The number of hydrogen-bond acceptors (Lipinski definition) is 1. The predicted octanol–water partition coefficient (Wildman–Crippen LogP) is 4.42. The third kappa shape index (κ3) is 2.87. The molecule has 102 valence electrons. The molecule has 1 N–H and O–H groups in total. The molecule has 0 saturated heterocycles. The summed E-state index contributed by atoms with van der Waals surface area (Å²) in [6.07, 6.45) is 4.53. The van der Waals surface area contributed by atoms with Crippen LogP contribution in [0.2, 0.25) is 0 Å². The van der Waals surface area contributed by atoms with Crippen LogP contribution in [-0.2, 0) is 12.8 Å². The number of benzene rings is 2. The molecule has 3 rings (SSSR count). The summed E-state index contributed by atoms with van der Waals surface area (Å²) in [6.45, 7) is 0. The average Bonchev–Trinajstić information content (AvgIpc) is 2.46. The number of carbonyl (C=O) groups excluding carboxylic acids is 1. The van der Waals surface area contributed by atoms with E-state index in [1.54, 1.807) is 0 Å². The van der Waals surface area contributed by atoms with Gasteiger partial charge < -0.3 is 5.32 Å². The number of halogens is 1. The first-order chi connectivity index (χ1) is 9.74. The van der Waals surface area contributed by atoms with Gasteiger partial charge in [-0.15, -0.1) is 0 Å². The van der Waals surface area contributed by atoms with Crippen molar-refractivity contribution in [2.45, 2.75) is 25.7 Å². The second kappa shape index (κ2) is 5.95. The number of rotatable bonds is 2. The second-order valence-corrected chi connectivity index (χ2v) is 6.36. The number of anilines is 1. The first kappa shape index (κ1) is 13.6. The van der Waals surface area contributed by atoms with Gasteiger partial charge in [0.25, 0.3) is 5.91 Å². The Hall–Kier alpha value is -1.36. The van der Waals surface area contributed by atoms with Crippen molar-refractivity contribution in [1.82, 2.24) is 0 Å². The number of hydrogen-bond donors (Lipinski definition) is 1. The van der Waals surface area contributed by atoms with Crippen molar-refractivity contribution in [3.63, 3.8) is 0 Å². The lowest BCUT2D eigenvalue weighted by atomic mass is 9.88. The maximum atomic E-state index is 12.5. The molecular weight excluding hydrogens is 361 g/mol. The van der Waals surface area contributed by atoms with E-state index in [1.165, 1.54) is 24.0 Å². The molecule has 0 aliphatic heterocycles. The van der Waals surface area contributed by atoms with Crippen LogP contribution in [0.15, 0.2) is 42.5 Å². The maximum absolute atomic E-state index is 12.5. The Labute approximate surface area is 132 Å². The Morgan fingerprint density at radius 1 is 1.05 bits per heavy atom. The minimum Gasteiger partial charge on any atom is -0.322 e. The molecule has 2 nitrogen and oxygen atoms in total. The van der Waals surface area contributed by atoms with Gasteiger partial charge >= 0.3 is 0 Å². The van der Waals surface area contributed by atoms with Crippen molar-refractivity contribution in [1.29, 1.82) is 0 Å². The van der Waals surface area contributed by atoms with Gasteiger partial charge in [0.15, 0.2) is 0 Å². The maximum Gasteiger partial charge on any atom is 0.255 e. The molecule has 1 amide bonds. The SMILES string of the molecule is O=C(Nc1cccc(I)c1)c1cccc2c1CCCC2. The van der Waals surface area contributed by atoms with Gasteiger partial charge in [0.1, 0.15) is 0 Å².